The zero-order valence-electron chi connectivity index (χ0n) is 8.09. The number of nitrogens with zero attached hydrogens (tertiary/aromatic N) is 1. The van der Waals surface area contributed by atoms with E-state index in [-0.39, 0.29) is 12.3 Å². The van der Waals surface area contributed by atoms with Gasteiger partial charge in [-0.05, 0) is 52.4 Å². The van der Waals surface area contributed by atoms with Gasteiger partial charge < -0.3 is 5.11 Å². The van der Waals surface area contributed by atoms with Crippen LogP contribution in [0.15, 0.2) is 15.5 Å². The highest BCUT2D eigenvalue weighted by Gasteiger charge is 2.19. The van der Waals surface area contributed by atoms with Gasteiger partial charge in [0, 0.05) is 5.56 Å². The Morgan fingerprint density at radius 3 is 3.07 bits per heavy atom. The Balaban J connectivity index is 2.48. The molecule has 0 amide bonds. The van der Waals surface area contributed by atoms with Crippen LogP contribution in [0.25, 0.3) is 0 Å². The van der Waals surface area contributed by atoms with E-state index in [0.29, 0.717) is 5.56 Å². The van der Waals surface area contributed by atoms with Crippen molar-refractivity contribution in [1.82, 2.24) is 0 Å². The summed E-state index contributed by atoms with van der Waals surface area (Å²) in [4.78, 5) is 13.5. The summed E-state index contributed by atoms with van der Waals surface area (Å²) in [6.45, 7) is 0.196. The van der Waals surface area contributed by atoms with E-state index in [2.05, 4.69) is 20.9 Å². The van der Waals surface area contributed by atoms with Gasteiger partial charge in [0.15, 0.2) is 0 Å². The number of carbonyl (C=O) groups excluding carboxylic acids is 1. The van der Waals surface area contributed by atoms with Crippen LogP contribution in [0.5, 0.6) is 5.75 Å². The van der Waals surface area contributed by atoms with Crippen molar-refractivity contribution >= 4 is 22.0 Å². The second kappa shape index (κ2) is 4.17. The molecule has 1 aromatic carbocycles. The van der Waals surface area contributed by atoms with E-state index in [0.717, 1.165) is 23.7 Å². The molecule has 78 valence electrons. The number of isocyanates is 1. The van der Waals surface area contributed by atoms with Gasteiger partial charge in [-0.25, -0.2) is 9.79 Å². The number of phenolic OH excluding ortho intramolecular Hbond substituents is 1. The predicted octanol–water partition coefficient (Wildman–Crippen LogP) is 2.48. The first-order valence-corrected chi connectivity index (χ1v) is 5.59. The number of hydrogen-bond acceptors (Lipinski definition) is 3. The minimum absolute atomic E-state index is 0.196. The number of rotatable bonds is 2. The van der Waals surface area contributed by atoms with E-state index in [1.807, 2.05) is 6.07 Å². The third-order valence-electron chi connectivity index (χ3n) is 2.70. The van der Waals surface area contributed by atoms with Crippen LogP contribution in [0.2, 0.25) is 0 Å². The van der Waals surface area contributed by atoms with Gasteiger partial charge in [-0.3, -0.25) is 0 Å². The number of phenols is 1. The van der Waals surface area contributed by atoms with Crippen LogP contribution in [-0.2, 0) is 24.2 Å². The molecule has 4 heteroatoms. The van der Waals surface area contributed by atoms with Crippen molar-refractivity contribution in [3.63, 3.8) is 0 Å². The topological polar surface area (TPSA) is 49.7 Å². The highest BCUT2D eigenvalue weighted by molar-refractivity contribution is 9.10. The van der Waals surface area contributed by atoms with E-state index < -0.39 is 0 Å². The molecule has 0 aliphatic heterocycles. The number of aliphatic imine (C=N–C) groups is 1. The van der Waals surface area contributed by atoms with E-state index in [9.17, 15) is 9.90 Å². The molecule has 15 heavy (non-hydrogen) atoms. The second-order valence-corrected chi connectivity index (χ2v) is 4.39. The normalized spacial score (nSPS) is 13.4. The van der Waals surface area contributed by atoms with Gasteiger partial charge in [-0.15, -0.1) is 0 Å². The Labute approximate surface area is 96.0 Å². The maximum absolute atomic E-state index is 10.0. The summed E-state index contributed by atoms with van der Waals surface area (Å²) in [5, 5.41) is 9.85. The maximum atomic E-state index is 10.0. The molecule has 1 aliphatic carbocycles. The molecule has 2 rings (SSSR count). The summed E-state index contributed by atoms with van der Waals surface area (Å²) in [5.41, 5.74) is 3.12. The van der Waals surface area contributed by atoms with E-state index in [4.69, 9.17) is 0 Å². The Bertz CT molecular complexity index is 450. The number of fused-ring (bicyclic) bond motifs is 1. The van der Waals surface area contributed by atoms with E-state index in [1.54, 1.807) is 0 Å². The van der Waals surface area contributed by atoms with Crippen LogP contribution in [0.1, 0.15) is 23.1 Å². The molecule has 0 saturated carbocycles. The zero-order valence-corrected chi connectivity index (χ0v) is 9.67. The highest BCUT2D eigenvalue weighted by atomic mass is 79.9. The van der Waals surface area contributed by atoms with Crippen LogP contribution in [0.3, 0.4) is 0 Å². The van der Waals surface area contributed by atoms with Gasteiger partial charge in [-0.1, -0.05) is 0 Å². The molecule has 0 fully saturated rings. The van der Waals surface area contributed by atoms with Crippen molar-refractivity contribution in [2.45, 2.75) is 25.8 Å². The molecule has 1 aromatic rings. The first-order chi connectivity index (χ1) is 7.24. The van der Waals surface area contributed by atoms with Gasteiger partial charge in [0.1, 0.15) is 5.75 Å². The quantitative estimate of drug-likeness (QED) is 0.661. The summed E-state index contributed by atoms with van der Waals surface area (Å²) in [5.74, 6) is 0.203. The van der Waals surface area contributed by atoms with Crippen molar-refractivity contribution in [3.8, 4) is 5.75 Å². The monoisotopic (exact) mass is 267 g/mol. The summed E-state index contributed by atoms with van der Waals surface area (Å²) in [7, 11) is 0. The van der Waals surface area contributed by atoms with Crippen molar-refractivity contribution in [3.05, 3.63) is 27.2 Å². The lowest BCUT2D eigenvalue weighted by molar-refractivity contribution is 0.464. The van der Waals surface area contributed by atoms with Gasteiger partial charge in [0.25, 0.3) is 0 Å². The van der Waals surface area contributed by atoms with Gasteiger partial charge in [0.05, 0.1) is 11.0 Å². The predicted molar refractivity (Wildman–Crippen MR) is 59.7 cm³/mol. The minimum Gasteiger partial charge on any atom is -0.506 e. The molecule has 0 saturated heterocycles. The minimum atomic E-state index is 0.196. The van der Waals surface area contributed by atoms with Crippen molar-refractivity contribution in [2.24, 2.45) is 4.99 Å². The first-order valence-electron chi connectivity index (χ1n) is 4.79. The van der Waals surface area contributed by atoms with Crippen LogP contribution >= 0.6 is 15.9 Å². The third kappa shape index (κ3) is 1.83. The number of aromatic hydroxyl groups is 1. The Hall–Kier alpha value is -1.12. The van der Waals surface area contributed by atoms with Gasteiger partial charge in [-0.2, -0.15) is 0 Å². The molecule has 0 unspecified atom stereocenters. The molecule has 0 bridgehead atoms. The van der Waals surface area contributed by atoms with Crippen LogP contribution in [0.4, 0.5) is 0 Å². The Morgan fingerprint density at radius 1 is 1.53 bits per heavy atom. The molecule has 0 heterocycles. The van der Waals surface area contributed by atoms with Crippen LogP contribution in [-0.4, -0.2) is 11.2 Å². The fourth-order valence-electron chi connectivity index (χ4n) is 1.98. The zero-order chi connectivity index (χ0) is 10.8. The molecular formula is C11H10BrNO2. The molecule has 1 N–H and O–H groups in total. The second-order valence-electron chi connectivity index (χ2n) is 3.60. The smallest absolute Gasteiger partial charge is 0.235 e. The average Bonchev–Trinajstić information content (AvgIpc) is 2.69. The fraction of sp³-hybridized carbons (Fsp3) is 0.364. The van der Waals surface area contributed by atoms with Gasteiger partial charge >= 0.3 is 0 Å². The SMILES string of the molecule is O=C=NCc1cc2c(c(Br)c1O)CCC2. The third-order valence-corrected chi connectivity index (χ3v) is 3.55. The lowest BCUT2D eigenvalue weighted by Gasteiger charge is -2.09. The Morgan fingerprint density at radius 2 is 2.33 bits per heavy atom. The van der Waals surface area contributed by atoms with E-state index >= 15 is 0 Å². The largest absolute Gasteiger partial charge is 0.506 e. The maximum Gasteiger partial charge on any atom is 0.235 e. The van der Waals surface area contributed by atoms with Crippen molar-refractivity contribution in [1.29, 1.82) is 0 Å². The number of halogens is 1. The first kappa shape index (κ1) is 10.4. The molecule has 0 aromatic heterocycles. The number of aryl methyl sites for hydroxylation is 1. The Kier molecular flexibility index (Phi) is 2.89. The van der Waals surface area contributed by atoms with E-state index in [1.165, 1.54) is 17.2 Å². The molecule has 0 atom stereocenters. The summed E-state index contributed by atoms with van der Waals surface area (Å²) in [6.07, 6.45) is 4.63. The molecule has 3 nitrogen and oxygen atoms in total. The lowest BCUT2D eigenvalue weighted by atomic mass is 10.1. The number of hydrogen-bond donors (Lipinski definition) is 1. The van der Waals surface area contributed by atoms with Gasteiger partial charge in [0.2, 0.25) is 6.08 Å². The lowest BCUT2D eigenvalue weighted by Crippen LogP contribution is -1.91. The van der Waals surface area contributed by atoms with Crippen molar-refractivity contribution < 1.29 is 9.90 Å². The summed E-state index contributed by atoms with van der Waals surface area (Å²) < 4.78 is 0.758. The molecule has 0 radical (unpaired) electrons. The van der Waals surface area contributed by atoms with Crippen molar-refractivity contribution in [2.75, 3.05) is 0 Å². The molecule has 1 aliphatic rings. The van der Waals surface area contributed by atoms with Crippen LogP contribution < -0.4 is 0 Å². The standard InChI is InChI=1S/C11H10BrNO2/c12-10-9-3-1-2-7(9)4-8(11(10)15)5-13-6-14/h4,15H,1-3,5H2. The summed E-state index contributed by atoms with van der Waals surface area (Å²) in [6, 6.07) is 1.93. The summed E-state index contributed by atoms with van der Waals surface area (Å²) >= 11 is 3.38. The van der Waals surface area contributed by atoms with Crippen LogP contribution in [0, 0.1) is 0 Å². The highest BCUT2D eigenvalue weighted by Crippen LogP contribution is 2.38. The fourth-order valence-corrected chi connectivity index (χ4v) is 2.69. The molecule has 0 spiro atoms. The number of benzene rings is 1. The molecular weight excluding hydrogens is 258 g/mol. The average molecular weight is 268 g/mol.